The van der Waals surface area contributed by atoms with Crippen LogP contribution in [0.1, 0.15) is 56.7 Å². The fourth-order valence-corrected chi connectivity index (χ4v) is 4.68. The number of nitrogens with one attached hydrogen (secondary N) is 3. The Morgan fingerprint density at radius 1 is 0.972 bits per heavy atom. The summed E-state index contributed by atoms with van der Waals surface area (Å²) < 4.78 is 6.11. The Hall–Kier alpha value is -4.06. The number of benzene rings is 3. The van der Waals surface area contributed by atoms with Crippen LogP contribution in [0.4, 0.5) is 0 Å². The SMILES string of the molecule is O=C1NCCCCCOc2ccc(C(=O)NCCc3c[nH]c4ccccc34)cc2Cc2cccc1c2. The highest BCUT2D eigenvalue weighted by Crippen LogP contribution is 2.25. The van der Waals surface area contributed by atoms with Gasteiger partial charge in [-0.2, -0.15) is 0 Å². The van der Waals surface area contributed by atoms with Crippen molar-refractivity contribution in [1.29, 1.82) is 0 Å². The Bertz CT molecular complexity index is 1370. The summed E-state index contributed by atoms with van der Waals surface area (Å²) >= 11 is 0. The zero-order valence-electron chi connectivity index (χ0n) is 20.3. The molecule has 0 unspecified atom stereocenters. The van der Waals surface area contributed by atoms with Crippen LogP contribution in [0.3, 0.4) is 0 Å². The molecule has 6 heteroatoms. The number of amides is 2. The summed E-state index contributed by atoms with van der Waals surface area (Å²) in [6.45, 7) is 1.82. The van der Waals surface area contributed by atoms with E-state index in [1.807, 2.05) is 60.8 Å². The van der Waals surface area contributed by atoms with Gasteiger partial charge in [0.2, 0.25) is 0 Å². The van der Waals surface area contributed by atoms with Gasteiger partial charge in [-0.1, -0.05) is 30.3 Å². The van der Waals surface area contributed by atoms with E-state index >= 15 is 0 Å². The predicted octanol–water partition coefficient (Wildman–Crippen LogP) is 5.02. The minimum Gasteiger partial charge on any atom is -0.493 e. The molecule has 36 heavy (non-hydrogen) atoms. The van der Waals surface area contributed by atoms with Crippen LogP contribution in [0.5, 0.6) is 5.75 Å². The van der Waals surface area contributed by atoms with Gasteiger partial charge in [-0.15, -0.1) is 0 Å². The van der Waals surface area contributed by atoms with Crippen molar-refractivity contribution >= 4 is 22.7 Å². The summed E-state index contributed by atoms with van der Waals surface area (Å²) in [5, 5.41) is 7.24. The maximum Gasteiger partial charge on any atom is 0.251 e. The molecule has 184 valence electrons. The molecule has 3 N–H and O–H groups in total. The van der Waals surface area contributed by atoms with Crippen molar-refractivity contribution < 1.29 is 14.3 Å². The van der Waals surface area contributed by atoms with Crippen LogP contribution in [-0.4, -0.2) is 36.5 Å². The van der Waals surface area contributed by atoms with Crippen molar-refractivity contribution in [1.82, 2.24) is 15.6 Å². The Morgan fingerprint density at radius 3 is 2.83 bits per heavy atom. The second-order valence-corrected chi connectivity index (χ2v) is 9.23. The molecule has 0 aliphatic carbocycles. The number of fused-ring (bicyclic) bond motifs is 4. The van der Waals surface area contributed by atoms with Crippen LogP contribution in [0, 0.1) is 0 Å². The van der Waals surface area contributed by atoms with E-state index in [0.717, 1.165) is 48.1 Å². The van der Waals surface area contributed by atoms with E-state index in [2.05, 4.69) is 27.8 Å². The second kappa shape index (κ2) is 11.1. The standard InChI is InChI=1S/C30H31N3O3/c34-29-22-8-6-7-21(17-22)18-25-19-23(11-12-28(25)36-16-5-1-4-14-31-29)30(35)32-15-13-24-20-33-27-10-3-2-9-26(24)27/h2-3,6-12,17,19-20,33H,1,4-5,13-16,18H2,(H,31,34)(H,32,35). The smallest absolute Gasteiger partial charge is 0.251 e. The summed E-state index contributed by atoms with van der Waals surface area (Å²) in [5.74, 6) is 0.635. The number of aromatic nitrogens is 1. The largest absolute Gasteiger partial charge is 0.493 e. The minimum absolute atomic E-state index is 0.0475. The molecule has 6 nitrogen and oxygen atoms in total. The summed E-state index contributed by atoms with van der Waals surface area (Å²) in [7, 11) is 0. The van der Waals surface area contributed by atoms with Crippen molar-refractivity contribution in [2.75, 3.05) is 19.7 Å². The molecule has 1 aromatic heterocycles. The Morgan fingerprint density at radius 2 is 1.89 bits per heavy atom. The van der Waals surface area contributed by atoms with Crippen LogP contribution in [0.15, 0.2) is 72.9 Å². The number of carbonyl (C=O) groups excluding carboxylic acids is 2. The molecule has 3 aromatic carbocycles. The first kappa shape index (κ1) is 23.7. The lowest BCUT2D eigenvalue weighted by Crippen LogP contribution is -2.26. The van der Waals surface area contributed by atoms with Gasteiger partial charge in [0.1, 0.15) is 5.75 Å². The molecule has 1 aliphatic heterocycles. The first-order valence-corrected chi connectivity index (χ1v) is 12.6. The molecule has 2 bridgehead atoms. The predicted molar refractivity (Wildman–Crippen MR) is 142 cm³/mol. The molecule has 0 fully saturated rings. The molecule has 0 atom stereocenters. The molecule has 0 saturated carbocycles. The van der Waals surface area contributed by atoms with Gasteiger partial charge >= 0.3 is 0 Å². The van der Waals surface area contributed by atoms with Gasteiger partial charge in [-0.25, -0.2) is 0 Å². The number of aromatic amines is 1. The van der Waals surface area contributed by atoms with Crippen LogP contribution in [0.2, 0.25) is 0 Å². The van der Waals surface area contributed by atoms with E-state index in [1.54, 1.807) is 0 Å². The van der Waals surface area contributed by atoms with Crippen LogP contribution < -0.4 is 15.4 Å². The molecular formula is C30H31N3O3. The van der Waals surface area contributed by atoms with Crippen LogP contribution in [-0.2, 0) is 12.8 Å². The van der Waals surface area contributed by atoms with Gasteiger partial charge in [0.05, 0.1) is 6.61 Å². The molecule has 0 saturated heterocycles. The van der Waals surface area contributed by atoms with Crippen molar-refractivity contribution in [3.8, 4) is 5.75 Å². The highest BCUT2D eigenvalue weighted by molar-refractivity contribution is 5.95. The van der Waals surface area contributed by atoms with Gasteiger partial charge in [0, 0.05) is 47.7 Å². The number of para-hydroxylation sites is 1. The summed E-state index contributed by atoms with van der Waals surface area (Å²) in [6, 6.07) is 21.5. The third-order valence-corrected chi connectivity index (χ3v) is 6.63. The maximum absolute atomic E-state index is 13.0. The average molecular weight is 482 g/mol. The lowest BCUT2D eigenvalue weighted by Gasteiger charge is -2.15. The second-order valence-electron chi connectivity index (χ2n) is 9.23. The molecule has 0 spiro atoms. The monoisotopic (exact) mass is 481 g/mol. The maximum atomic E-state index is 13.0. The molecule has 2 amide bonds. The van der Waals surface area contributed by atoms with Crippen molar-refractivity contribution in [3.05, 3.63) is 101 Å². The van der Waals surface area contributed by atoms with E-state index in [4.69, 9.17) is 4.74 Å². The fraction of sp³-hybridized carbons (Fsp3) is 0.267. The summed E-state index contributed by atoms with van der Waals surface area (Å²) in [6.07, 6.45) is 6.14. The lowest BCUT2D eigenvalue weighted by atomic mass is 9.99. The third kappa shape index (κ3) is 5.60. The number of hydrogen-bond donors (Lipinski definition) is 3. The highest BCUT2D eigenvalue weighted by atomic mass is 16.5. The number of carbonyl (C=O) groups is 2. The van der Waals surface area contributed by atoms with E-state index < -0.39 is 0 Å². The van der Waals surface area contributed by atoms with E-state index in [-0.39, 0.29) is 11.8 Å². The van der Waals surface area contributed by atoms with E-state index in [9.17, 15) is 9.59 Å². The first-order chi connectivity index (χ1) is 17.7. The van der Waals surface area contributed by atoms with Gasteiger partial charge in [0.15, 0.2) is 0 Å². The highest BCUT2D eigenvalue weighted by Gasteiger charge is 2.14. The zero-order valence-corrected chi connectivity index (χ0v) is 20.3. The molecule has 4 aromatic rings. The van der Waals surface area contributed by atoms with Gasteiger partial charge in [0.25, 0.3) is 11.8 Å². The van der Waals surface area contributed by atoms with Crippen LogP contribution in [0.25, 0.3) is 10.9 Å². The van der Waals surface area contributed by atoms with Crippen molar-refractivity contribution in [3.63, 3.8) is 0 Å². The Kier molecular flexibility index (Phi) is 7.31. The first-order valence-electron chi connectivity index (χ1n) is 12.6. The quantitative estimate of drug-likeness (QED) is 0.383. The van der Waals surface area contributed by atoms with E-state index in [1.165, 1.54) is 10.9 Å². The number of H-pyrrole nitrogens is 1. The molecular weight excluding hydrogens is 450 g/mol. The Balaban J connectivity index is 1.32. The summed E-state index contributed by atoms with van der Waals surface area (Å²) in [5.41, 5.74) is 5.49. The van der Waals surface area contributed by atoms with Gasteiger partial charge in [-0.05, 0) is 78.8 Å². The van der Waals surface area contributed by atoms with Gasteiger partial charge < -0.3 is 20.4 Å². The zero-order chi connectivity index (χ0) is 24.7. The van der Waals surface area contributed by atoms with E-state index in [0.29, 0.717) is 37.2 Å². The molecule has 1 aliphatic rings. The lowest BCUT2D eigenvalue weighted by molar-refractivity contribution is 0.0945. The fourth-order valence-electron chi connectivity index (χ4n) is 4.68. The molecule has 0 radical (unpaired) electrons. The minimum atomic E-state index is -0.106. The molecule has 2 heterocycles. The topological polar surface area (TPSA) is 83.2 Å². The normalized spacial score (nSPS) is 14.3. The average Bonchev–Trinajstić information content (AvgIpc) is 3.31. The third-order valence-electron chi connectivity index (χ3n) is 6.63. The number of ether oxygens (including phenoxy) is 1. The van der Waals surface area contributed by atoms with Crippen LogP contribution >= 0.6 is 0 Å². The van der Waals surface area contributed by atoms with Gasteiger partial charge in [-0.3, -0.25) is 9.59 Å². The number of rotatable bonds is 4. The Labute approximate surface area is 211 Å². The number of hydrogen-bond acceptors (Lipinski definition) is 3. The van der Waals surface area contributed by atoms with Crippen molar-refractivity contribution in [2.45, 2.75) is 32.1 Å². The molecule has 5 rings (SSSR count). The summed E-state index contributed by atoms with van der Waals surface area (Å²) in [4.78, 5) is 28.8. The van der Waals surface area contributed by atoms with Crippen molar-refractivity contribution in [2.24, 2.45) is 0 Å².